The van der Waals surface area contributed by atoms with Crippen LogP contribution in [0.15, 0.2) is 115 Å². The summed E-state index contributed by atoms with van der Waals surface area (Å²) >= 11 is 0. The van der Waals surface area contributed by atoms with Crippen LogP contribution in [0.3, 0.4) is 0 Å². The molecule has 0 amide bonds. The van der Waals surface area contributed by atoms with Crippen LogP contribution in [0.4, 0.5) is 0 Å². The van der Waals surface area contributed by atoms with E-state index in [4.69, 9.17) is 15.0 Å². The molecule has 8 rings (SSSR count). The van der Waals surface area contributed by atoms with E-state index in [0.29, 0.717) is 17.5 Å². The van der Waals surface area contributed by atoms with Crippen molar-refractivity contribution in [2.24, 2.45) is 0 Å². The predicted molar refractivity (Wildman–Crippen MR) is 217 cm³/mol. The Hall–Kier alpha value is -4.46. The molecule has 50 heavy (non-hydrogen) atoms. The molecule has 1 fully saturated rings. The molecule has 0 radical (unpaired) electrons. The monoisotopic (exact) mass is 685 g/mol. The lowest BCUT2D eigenvalue weighted by atomic mass is 9.68. The van der Waals surface area contributed by atoms with Crippen LogP contribution in [0, 0.1) is 0 Å². The Balaban J connectivity index is 1.17. The molecule has 2 aliphatic carbocycles. The van der Waals surface area contributed by atoms with Crippen LogP contribution >= 0.6 is 0 Å². The molecule has 6 aromatic rings. The van der Waals surface area contributed by atoms with Gasteiger partial charge in [0.25, 0.3) is 0 Å². The molecule has 1 saturated carbocycles. The number of benzene rings is 5. The lowest BCUT2D eigenvalue weighted by Gasteiger charge is -2.36. The zero-order valence-corrected chi connectivity index (χ0v) is 32.3. The Labute approximate surface area is 300 Å². The van der Waals surface area contributed by atoms with E-state index in [-0.39, 0.29) is 5.41 Å². The Kier molecular flexibility index (Phi) is 8.11. The van der Waals surface area contributed by atoms with Crippen molar-refractivity contribution in [1.29, 1.82) is 0 Å². The lowest BCUT2D eigenvalue weighted by molar-refractivity contribution is 0.353. The third-order valence-electron chi connectivity index (χ3n) is 11.1. The van der Waals surface area contributed by atoms with Crippen LogP contribution in [-0.2, 0) is 5.41 Å². The fraction of sp³-hybridized carbons (Fsp3) is 0.267. The SMILES string of the molecule is C[Si](C)(C)c1ccc(-c2nc(-c3ccc(-c4ccc5c(c4)-c4ccccc4C54CCCCC4)cc3)nc(-c3ccc([Si](C)(C)C)cc3)n2)cc1. The van der Waals surface area contributed by atoms with Gasteiger partial charge in [0.1, 0.15) is 0 Å². The zero-order chi connectivity index (χ0) is 34.7. The second-order valence-corrected chi connectivity index (χ2v) is 26.6. The molecule has 0 atom stereocenters. The number of nitrogens with zero attached hydrogens (tertiary/aromatic N) is 3. The van der Waals surface area contributed by atoms with Crippen molar-refractivity contribution in [3.05, 3.63) is 126 Å². The fourth-order valence-corrected chi connectivity index (χ4v) is 10.5. The van der Waals surface area contributed by atoms with Crippen LogP contribution in [0.5, 0.6) is 0 Å². The summed E-state index contributed by atoms with van der Waals surface area (Å²) in [5.74, 6) is 2.11. The van der Waals surface area contributed by atoms with Crippen molar-refractivity contribution in [2.75, 3.05) is 0 Å². The second-order valence-electron chi connectivity index (χ2n) is 16.5. The van der Waals surface area contributed by atoms with Crippen LogP contribution in [0.25, 0.3) is 56.4 Å². The third-order valence-corrected chi connectivity index (χ3v) is 15.2. The highest BCUT2D eigenvalue weighted by atomic mass is 28.3. The summed E-state index contributed by atoms with van der Waals surface area (Å²) in [5.41, 5.74) is 11.6. The van der Waals surface area contributed by atoms with E-state index in [1.54, 1.807) is 0 Å². The van der Waals surface area contributed by atoms with E-state index < -0.39 is 16.1 Å². The molecule has 3 nitrogen and oxygen atoms in total. The molecule has 2 aliphatic rings. The fourth-order valence-electron chi connectivity index (χ4n) is 8.15. The van der Waals surface area contributed by atoms with Crippen molar-refractivity contribution in [1.82, 2.24) is 15.0 Å². The average Bonchev–Trinajstić information content (AvgIpc) is 3.39. The summed E-state index contributed by atoms with van der Waals surface area (Å²) in [6.07, 6.45) is 6.48. The summed E-state index contributed by atoms with van der Waals surface area (Å²) < 4.78 is 0. The minimum atomic E-state index is -1.42. The van der Waals surface area contributed by atoms with Gasteiger partial charge >= 0.3 is 0 Å². The van der Waals surface area contributed by atoms with Gasteiger partial charge in [-0.3, -0.25) is 0 Å². The molecule has 0 aliphatic heterocycles. The highest BCUT2D eigenvalue weighted by Gasteiger charge is 2.43. The van der Waals surface area contributed by atoms with Gasteiger partial charge in [-0.25, -0.2) is 15.0 Å². The Morgan fingerprint density at radius 2 is 0.840 bits per heavy atom. The first-order valence-corrected chi connectivity index (χ1v) is 25.3. The number of aromatic nitrogens is 3. The van der Waals surface area contributed by atoms with Gasteiger partial charge in [-0.2, -0.15) is 0 Å². The maximum Gasteiger partial charge on any atom is 0.164 e. The molecule has 250 valence electrons. The summed E-state index contributed by atoms with van der Waals surface area (Å²) in [6, 6.07) is 42.9. The van der Waals surface area contributed by atoms with E-state index in [0.717, 1.165) is 16.7 Å². The maximum atomic E-state index is 5.07. The molecule has 0 saturated heterocycles. The smallest absolute Gasteiger partial charge is 0.164 e. The van der Waals surface area contributed by atoms with Crippen molar-refractivity contribution < 1.29 is 0 Å². The van der Waals surface area contributed by atoms with Gasteiger partial charge in [0.15, 0.2) is 17.5 Å². The molecule has 5 heteroatoms. The standard InChI is InChI=1S/C45H47N3Si2/c1-49(2,3)36-23-18-33(19-24-36)43-46-42(47-44(48-43)34-20-25-37(26-21-34)50(4,5)6)32-16-14-31(15-17-32)35-22-27-41-39(30-35)38-12-8-9-13-40(38)45(41)28-10-7-11-29-45/h8-9,12-27,30H,7,10-11,28-29H2,1-6H3. The van der Waals surface area contributed by atoms with Crippen LogP contribution < -0.4 is 10.4 Å². The summed E-state index contributed by atoms with van der Waals surface area (Å²) in [7, 11) is -2.85. The minimum absolute atomic E-state index is 0.185. The van der Waals surface area contributed by atoms with Crippen molar-refractivity contribution >= 4 is 26.5 Å². The topological polar surface area (TPSA) is 38.7 Å². The molecular weight excluding hydrogens is 639 g/mol. The average molecular weight is 686 g/mol. The first-order valence-electron chi connectivity index (χ1n) is 18.3. The first kappa shape index (κ1) is 32.7. The van der Waals surface area contributed by atoms with Crippen molar-refractivity contribution in [3.8, 4) is 56.4 Å². The molecular formula is C45H47N3Si2. The van der Waals surface area contributed by atoms with Gasteiger partial charge in [-0.15, -0.1) is 0 Å². The van der Waals surface area contributed by atoms with Crippen molar-refractivity contribution in [2.45, 2.75) is 76.8 Å². The minimum Gasteiger partial charge on any atom is -0.208 e. The van der Waals surface area contributed by atoms with Gasteiger partial charge in [-0.05, 0) is 52.3 Å². The molecule has 0 N–H and O–H groups in total. The van der Waals surface area contributed by atoms with Gasteiger partial charge in [0.05, 0.1) is 16.1 Å². The van der Waals surface area contributed by atoms with Crippen LogP contribution in [0.1, 0.15) is 43.2 Å². The quantitative estimate of drug-likeness (QED) is 0.164. The summed E-state index contributed by atoms with van der Waals surface area (Å²) in [6.45, 7) is 14.3. The molecule has 0 unspecified atom stereocenters. The number of fused-ring (bicyclic) bond motifs is 5. The first-order chi connectivity index (χ1) is 24.0. The van der Waals surface area contributed by atoms with E-state index in [9.17, 15) is 0 Å². The third kappa shape index (κ3) is 5.90. The van der Waals surface area contributed by atoms with E-state index in [2.05, 4.69) is 155 Å². The van der Waals surface area contributed by atoms with E-state index in [1.807, 2.05) is 0 Å². The second kappa shape index (κ2) is 12.4. The lowest BCUT2D eigenvalue weighted by Crippen LogP contribution is -2.37. The van der Waals surface area contributed by atoms with Crippen LogP contribution in [0.2, 0.25) is 39.3 Å². The van der Waals surface area contributed by atoms with Gasteiger partial charge in [-0.1, -0.05) is 178 Å². The molecule has 5 aromatic carbocycles. The Morgan fingerprint density at radius 1 is 0.420 bits per heavy atom. The number of rotatable bonds is 6. The molecule has 0 bridgehead atoms. The maximum absolute atomic E-state index is 5.07. The highest BCUT2D eigenvalue weighted by Crippen LogP contribution is 2.56. The van der Waals surface area contributed by atoms with Crippen LogP contribution in [-0.4, -0.2) is 31.1 Å². The normalized spacial score (nSPS) is 15.2. The largest absolute Gasteiger partial charge is 0.208 e. The molecule has 1 heterocycles. The van der Waals surface area contributed by atoms with E-state index >= 15 is 0 Å². The van der Waals surface area contributed by atoms with Gasteiger partial charge in [0, 0.05) is 22.1 Å². The van der Waals surface area contributed by atoms with Crippen molar-refractivity contribution in [3.63, 3.8) is 0 Å². The number of hydrogen-bond donors (Lipinski definition) is 0. The van der Waals surface area contributed by atoms with Gasteiger partial charge in [0.2, 0.25) is 0 Å². The molecule has 1 spiro atoms. The van der Waals surface area contributed by atoms with Gasteiger partial charge < -0.3 is 0 Å². The predicted octanol–water partition coefficient (Wildman–Crippen LogP) is 10.9. The highest BCUT2D eigenvalue weighted by molar-refractivity contribution is 6.89. The Morgan fingerprint density at radius 3 is 1.34 bits per heavy atom. The van der Waals surface area contributed by atoms with E-state index in [1.165, 1.54) is 75.9 Å². The summed E-state index contributed by atoms with van der Waals surface area (Å²) in [5, 5.41) is 2.86. The zero-order valence-electron chi connectivity index (χ0n) is 30.3. The Bertz CT molecular complexity index is 2110. The molecule has 1 aromatic heterocycles. The summed E-state index contributed by atoms with van der Waals surface area (Å²) in [4.78, 5) is 15.2. The number of hydrogen-bond acceptors (Lipinski definition) is 3.